The minimum Gasteiger partial charge on any atom is -0.397 e. The second kappa shape index (κ2) is 5.42. The third-order valence-electron chi connectivity index (χ3n) is 3.00. The molecular formula is C14H13ClFNO2S. The summed E-state index contributed by atoms with van der Waals surface area (Å²) in [5, 5.41) is -0.102. The zero-order chi connectivity index (χ0) is 14.9. The van der Waals surface area contributed by atoms with E-state index in [1.807, 2.05) is 0 Å². The number of nitrogen functional groups attached to an aromatic ring is 1. The van der Waals surface area contributed by atoms with E-state index in [1.54, 1.807) is 19.1 Å². The highest BCUT2D eigenvalue weighted by atomic mass is 35.5. The lowest BCUT2D eigenvalue weighted by atomic mass is 10.2. The fourth-order valence-electron chi connectivity index (χ4n) is 1.87. The SMILES string of the molecule is Cc1cccc(S(=O)(=O)Cc2cccc(Cl)c2F)c1N. The number of benzene rings is 2. The van der Waals surface area contributed by atoms with E-state index in [-0.39, 0.29) is 21.2 Å². The molecule has 106 valence electrons. The Labute approximate surface area is 122 Å². The third-order valence-corrected chi connectivity index (χ3v) is 5.01. The molecule has 0 aromatic heterocycles. The normalized spacial score (nSPS) is 11.6. The number of hydrogen-bond acceptors (Lipinski definition) is 3. The molecule has 0 aliphatic rings. The highest BCUT2D eigenvalue weighted by Gasteiger charge is 2.21. The van der Waals surface area contributed by atoms with Crippen molar-refractivity contribution in [2.75, 3.05) is 5.73 Å². The zero-order valence-electron chi connectivity index (χ0n) is 10.7. The summed E-state index contributed by atoms with van der Waals surface area (Å²) in [6.07, 6.45) is 0. The molecule has 0 radical (unpaired) electrons. The maximum absolute atomic E-state index is 13.8. The number of para-hydroxylation sites is 1. The van der Waals surface area contributed by atoms with Crippen LogP contribution in [0.4, 0.5) is 10.1 Å². The molecule has 0 unspecified atom stereocenters. The van der Waals surface area contributed by atoms with Crippen LogP contribution < -0.4 is 5.73 Å². The van der Waals surface area contributed by atoms with Crippen molar-refractivity contribution in [3.63, 3.8) is 0 Å². The molecule has 0 saturated carbocycles. The first-order valence-corrected chi connectivity index (χ1v) is 7.86. The molecule has 0 heterocycles. The van der Waals surface area contributed by atoms with Crippen molar-refractivity contribution in [1.82, 2.24) is 0 Å². The van der Waals surface area contributed by atoms with Gasteiger partial charge >= 0.3 is 0 Å². The largest absolute Gasteiger partial charge is 0.397 e. The molecule has 0 fully saturated rings. The lowest BCUT2D eigenvalue weighted by molar-refractivity contribution is 0.587. The van der Waals surface area contributed by atoms with E-state index < -0.39 is 21.4 Å². The zero-order valence-corrected chi connectivity index (χ0v) is 12.3. The number of halogens is 2. The van der Waals surface area contributed by atoms with Gasteiger partial charge in [-0.3, -0.25) is 0 Å². The van der Waals surface area contributed by atoms with E-state index >= 15 is 0 Å². The Morgan fingerprint density at radius 2 is 1.85 bits per heavy atom. The van der Waals surface area contributed by atoms with Gasteiger partial charge in [-0.15, -0.1) is 0 Å². The van der Waals surface area contributed by atoms with E-state index in [9.17, 15) is 12.8 Å². The predicted octanol–water partition coefficient (Wildman–Crippen LogP) is 3.34. The van der Waals surface area contributed by atoms with Gasteiger partial charge < -0.3 is 5.73 Å². The molecular weight excluding hydrogens is 301 g/mol. The van der Waals surface area contributed by atoms with Crippen LogP contribution in [0.15, 0.2) is 41.3 Å². The summed E-state index contributed by atoms with van der Waals surface area (Å²) in [5.41, 5.74) is 6.67. The molecule has 6 heteroatoms. The molecule has 0 aliphatic carbocycles. The van der Waals surface area contributed by atoms with Gasteiger partial charge in [0.05, 0.1) is 21.4 Å². The topological polar surface area (TPSA) is 60.2 Å². The molecule has 0 amide bonds. The van der Waals surface area contributed by atoms with Crippen LogP contribution >= 0.6 is 11.6 Å². The molecule has 0 aliphatic heterocycles. The third kappa shape index (κ3) is 2.78. The van der Waals surface area contributed by atoms with Crippen molar-refractivity contribution in [2.45, 2.75) is 17.6 Å². The van der Waals surface area contributed by atoms with Gasteiger partial charge in [-0.1, -0.05) is 35.9 Å². The summed E-state index contributed by atoms with van der Waals surface area (Å²) in [5.74, 6) is -1.20. The number of nitrogens with two attached hydrogens (primary N) is 1. The Bertz CT molecular complexity index is 760. The van der Waals surface area contributed by atoms with Crippen molar-refractivity contribution in [1.29, 1.82) is 0 Å². The average Bonchev–Trinajstić information content (AvgIpc) is 2.38. The van der Waals surface area contributed by atoms with Gasteiger partial charge in [0.25, 0.3) is 0 Å². The minimum atomic E-state index is -3.73. The summed E-state index contributed by atoms with van der Waals surface area (Å²) in [6, 6.07) is 9.01. The first-order valence-electron chi connectivity index (χ1n) is 5.83. The molecule has 2 N–H and O–H groups in total. The van der Waals surface area contributed by atoms with Crippen LogP contribution in [0.2, 0.25) is 5.02 Å². The summed E-state index contributed by atoms with van der Waals surface area (Å²) in [6.45, 7) is 1.72. The van der Waals surface area contributed by atoms with Gasteiger partial charge in [0.1, 0.15) is 5.82 Å². The first kappa shape index (κ1) is 14.8. The van der Waals surface area contributed by atoms with Crippen molar-refractivity contribution in [3.8, 4) is 0 Å². The van der Waals surface area contributed by atoms with Crippen LogP contribution in [0, 0.1) is 12.7 Å². The fourth-order valence-corrected chi connectivity index (χ4v) is 3.63. The Balaban J connectivity index is 2.47. The smallest absolute Gasteiger partial charge is 0.184 e. The Morgan fingerprint density at radius 1 is 1.20 bits per heavy atom. The number of sulfone groups is 1. The van der Waals surface area contributed by atoms with E-state index in [4.69, 9.17) is 17.3 Å². The summed E-state index contributed by atoms with van der Waals surface area (Å²) < 4.78 is 38.5. The summed E-state index contributed by atoms with van der Waals surface area (Å²) >= 11 is 5.65. The summed E-state index contributed by atoms with van der Waals surface area (Å²) in [4.78, 5) is 0.0110. The molecule has 0 atom stereocenters. The van der Waals surface area contributed by atoms with Crippen LogP contribution in [-0.4, -0.2) is 8.42 Å². The van der Waals surface area contributed by atoms with Crippen molar-refractivity contribution >= 4 is 27.1 Å². The quantitative estimate of drug-likeness (QED) is 0.884. The highest BCUT2D eigenvalue weighted by Crippen LogP contribution is 2.27. The number of hydrogen-bond donors (Lipinski definition) is 1. The number of anilines is 1. The van der Waals surface area contributed by atoms with Crippen LogP contribution in [0.1, 0.15) is 11.1 Å². The van der Waals surface area contributed by atoms with Crippen LogP contribution in [0.3, 0.4) is 0 Å². The standard InChI is InChI=1S/C14H13ClFNO2S/c1-9-4-2-7-12(14(9)17)20(18,19)8-10-5-3-6-11(15)13(10)16/h2-7H,8,17H2,1H3. The predicted molar refractivity (Wildman–Crippen MR) is 77.9 cm³/mol. The molecule has 3 nitrogen and oxygen atoms in total. The maximum Gasteiger partial charge on any atom is 0.184 e. The number of rotatable bonds is 3. The minimum absolute atomic E-state index is 0.0110. The van der Waals surface area contributed by atoms with Crippen molar-refractivity contribution < 1.29 is 12.8 Å². The van der Waals surface area contributed by atoms with Gasteiger partial charge in [-0.2, -0.15) is 0 Å². The lowest BCUT2D eigenvalue weighted by Crippen LogP contribution is -2.10. The molecule has 0 spiro atoms. The van der Waals surface area contributed by atoms with Crippen LogP contribution in [-0.2, 0) is 15.6 Å². The van der Waals surface area contributed by atoms with Crippen LogP contribution in [0.5, 0.6) is 0 Å². The molecule has 2 aromatic rings. The Morgan fingerprint density at radius 3 is 2.55 bits per heavy atom. The molecule has 0 saturated heterocycles. The van der Waals surface area contributed by atoms with E-state index in [2.05, 4.69) is 0 Å². The second-order valence-electron chi connectivity index (χ2n) is 4.46. The first-order chi connectivity index (χ1) is 9.33. The van der Waals surface area contributed by atoms with Gasteiger partial charge in [-0.05, 0) is 24.6 Å². The average molecular weight is 314 g/mol. The summed E-state index contributed by atoms with van der Waals surface area (Å²) in [7, 11) is -3.73. The van der Waals surface area contributed by atoms with Crippen LogP contribution in [0.25, 0.3) is 0 Å². The van der Waals surface area contributed by atoms with Crippen molar-refractivity contribution in [2.24, 2.45) is 0 Å². The Kier molecular flexibility index (Phi) is 4.01. The van der Waals surface area contributed by atoms with E-state index in [0.717, 1.165) is 0 Å². The fraction of sp³-hybridized carbons (Fsp3) is 0.143. The monoisotopic (exact) mass is 313 g/mol. The van der Waals surface area contributed by atoms with Crippen molar-refractivity contribution in [3.05, 3.63) is 58.4 Å². The second-order valence-corrected chi connectivity index (χ2v) is 6.82. The van der Waals surface area contributed by atoms with Gasteiger partial charge in [-0.25, -0.2) is 12.8 Å². The molecule has 0 bridgehead atoms. The van der Waals surface area contributed by atoms with E-state index in [0.29, 0.717) is 5.56 Å². The lowest BCUT2D eigenvalue weighted by Gasteiger charge is -2.10. The molecule has 20 heavy (non-hydrogen) atoms. The Hall–Kier alpha value is -1.59. The molecule has 2 aromatic carbocycles. The molecule has 2 rings (SSSR count). The maximum atomic E-state index is 13.8. The van der Waals surface area contributed by atoms with Gasteiger partial charge in [0, 0.05) is 5.56 Å². The highest BCUT2D eigenvalue weighted by molar-refractivity contribution is 7.90. The van der Waals surface area contributed by atoms with Gasteiger partial charge in [0.15, 0.2) is 9.84 Å². The number of aryl methyl sites for hydroxylation is 1. The van der Waals surface area contributed by atoms with E-state index in [1.165, 1.54) is 24.3 Å². The van der Waals surface area contributed by atoms with Gasteiger partial charge in [0.2, 0.25) is 0 Å².